The van der Waals surface area contributed by atoms with Gasteiger partial charge in [-0.25, -0.2) is 0 Å². The molecule has 3 N–H and O–H groups in total. The van der Waals surface area contributed by atoms with Gasteiger partial charge >= 0.3 is 0 Å². The van der Waals surface area contributed by atoms with Gasteiger partial charge in [0.1, 0.15) is 11.5 Å². The number of H-pyrrole nitrogens is 1. The largest absolute Gasteiger partial charge is 0.381 e. The molecule has 7 heteroatoms. The first-order valence-corrected chi connectivity index (χ1v) is 13.9. The van der Waals surface area contributed by atoms with Crippen LogP contribution >= 0.6 is 0 Å². The fourth-order valence-electron chi connectivity index (χ4n) is 7.66. The molecule has 1 amide bonds. The second kappa shape index (κ2) is 9.14. The first-order chi connectivity index (χ1) is 18.6. The number of aliphatic hydroxyl groups excluding tert-OH is 1. The van der Waals surface area contributed by atoms with Crippen molar-refractivity contribution >= 4 is 28.4 Å². The van der Waals surface area contributed by atoms with Crippen molar-refractivity contribution in [3.63, 3.8) is 0 Å². The summed E-state index contributed by atoms with van der Waals surface area (Å²) >= 11 is 0. The first-order valence-electron chi connectivity index (χ1n) is 13.9. The SMILES string of the molecule is C/C1=C/[C@@H](C)CC=C[C@H]2[C@@H]3O[C@]3(C)[C@@H](C)[C@H]3[C@H](Cc4c[nH]c5ccccc45)NC(=O)[C@]32C(=O)C=CC(=O)[C@@H]1O. The minimum Gasteiger partial charge on any atom is -0.381 e. The van der Waals surface area contributed by atoms with Gasteiger partial charge in [0.2, 0.25) is 5.91 Å². The number of aliphatic hydroxyl groups is 1. The number of rotatable bonds is 2. The third-order valence-electron chi connectivity index (χ3n) is 9.86. The summed E-state index contributed by atoms with van der Waals surface area (Å²) in [5.41, 5.74) is 0.805. The van der Waals surface area contributed by atoms with Crippen LogP contribution in [-0.4, -0.2) is 51.4 Å². The minimum absolute atomic E-state index is 0.0666. The molecule has 3 heterocycles. The number of amides is 1. The van der Waals surface area contributed by atoms with Crippen LogP contribution in [0.4, 0.5) is 0 Å². The Hall–Kier alpha value is -3.29. The fourth-order valence-corrected chi connectivity index (χ4v) is 7.66. The van der Waals surface area contributed by atoms with Gasteiger partial charge in [0.05, 0.1) is 11.7 Å². The Morgan fingerprint density at radius 3 is 2.69 bits per heavy atom. The van der Waals surface area contributed by atoms with Crippen molar-refractivity contribution in [2.75, 3.05) is 0 Å². The van der Waals surface area contributed by atoms with Crippen molar-refractivity contribution in [1.82, 2.24) is 10.3 Å². The number of para-hydroxylation sites is 1. The minimum atomic E-state index is -1.41. The lowest BCUT2D eigenvalue weighted by Gasteiger charge is -2.45. The van der Waals surface area contributed by atoms with Crippen LogP contribution in [0.5, 0.6) is 0 Å². The first kappa shape index (κ1) is 26.0. The van der Waals surface area contributed by atoms with Crippen LogP contribution in [0.3, 0.4) is 0 Å². The van der Waals surface area contributed by atoms with Gasteiger partial charge in [0.25, 0.3) is 0 Å². The Morgan fingerprint density at radius 1 is 1.13 bits per heavy atom. The van der Waals surface area contributed by atoms with E-state index in [9.17, 15) is 19.5 Å². The predicted molar refractivity (Wildman–Crippen MR) is 148 cm³/mol. The lowest BCUT2D eigenvalue weighted by atomic mass is 9.51. The van der Waals surface area contributed by atoms with Crippen LogP contribution in [0.1, 0.15) is 39.7 Å². The molecule has 7 nitrogen and oxygen atoms in total. The molecular formula is C32H36N2O5. The van der Waals surface area contributed by atoms with Crippen LogP contribution in [0.2, 0.25) is 0 Å². The summed E-state index contributed by atoms with van der Waals surface area (Å²) in [6, 6.07) is 7.77. The number of allylic oxidation sites excluding steroid dienone is 3. The quantitative estimate of drug-likeness (QED) is 0.312. The lowest BCUT2D eigenvalue weighted by Crippen LogP contribution is -2.58. The average molecular weight is 529 g/mol. The van der Waals surface area contributed by atoms with Crippen molar-refractivity contribution in [2.24, 2.45) is 29.1 Å². The van der Waals surface area contributed by atoms with Gasteiger partial charge < -0.3 is 20.1 Å². The van der Waals surface area contributed by atoms with Gasteiger partial charge in [-0.05, 0) is 67.9 Å². The highest BCUT2D eigenvalue weighted by molar-refractivity contribution is 6.15. The highest BCUT2D eigenvalue weighted by atomic mass is 16.6. The van der Waals surface area contributed by atoms with Crippen molar-refractivity contribution in [1.29, 1.82) is 0 Å². The molecule has 1 aromatic heterocycles. The van der Waals surface area contributed by atoms with Crippen LogP contribution in [0.25, 0.3) is 10.9 Å². The van der Waals surface area contributed by atoms with Crippen LogP contribution in [-0.2, 0) is 25.5 Å². The van der Waals surface area contributed by atoms with Crippen molar-refractivity contribution in [2.45, 2.75) is 64.4 Å². The number of benzene rings is 1. The monoisotopic (exact) mass is 528 g/mol. The second-order valence-corrected chi connectivity index (χ2v) is 12.1. The number of ether oxygens (including phenoxy) is 1. The Morgan fingerprint density at radius 2 is 1.90 bits per heavy atom. The van der Waals surface area contributed by atoms with E-state index < -0.39 is 34.6 Å². The molecule has 6 rings (SSSR count). The third-order valence-corrected chi connectivity index (χ3v) is 9.86. The topological polar surface area (TPSA) is 112 Å². The van der Waals surface area contributed by atoms with E-state index in [1.807, 2.05) is 49.5 Å². The summed E-state index contributed by atoms with van der Waals surface area (Å²) in [7, 11) is 0. The van der Waals surface area contributed by atoms with E-state index in [-0.39, 0.29) is 35.8 Å². The van der Waals surface area contributed by atoms with Crippen molar-refractivity contribution in [3.05, 3.63) is 72.0 Å². The Bertz CT molecular complexity index is 1450. The Labute approximate surface area is 228 Å². The smallest absolute Gasteiger partial charge is 0.235 e. The number of hydrogen-bond acceptors (Lipinski definition) is 5. The lowest BCUT2D eigenvalue weighted by molar-refractivity contribution is -0.145. The molecule has 39 heavy (non-hydrogen) atoms. The molecule has 204 valence electrons. The van der Waals surface area contributed by atoms with Gasteiger partial charge in [-0.3, -0.25) is 14.4 Å². The molecule has 1 spiro atoms. The molecule has 4 aliphatic rings. The molecule has 2 saturated heterocycles. The van der Waals surface area contributed by atoms with Gasteiger partial charge in [-0.1, -0.05) is 50.3 Å². The van der Waals surface area contributed by atoms with Gasteiger partial charge in [0, 0.05) is 35.0 Å². The summed E-state index contributed by atoms with van der Waals surface area (Å²) in [5, 5.41) is 14.9. The molecular weight excluding hydrogens is 492 g/mol. The van der Waals surface area contributed by atoms with E-state index in [2.05, 4.69) is 30.2 Å². The molecule has 0 radical (unpaired) electrons. The fraction of sp³-hybridized carbons (Fsp3) is 0.469. The number of epoxide rings is 1. The van der Waals surface area contributed by atoms with Gasteiger partial charge in [-0.15, -0.1) is 0 Å². The molecule has 2 aliphatic heterocycles. The summed E-state index contributed by atoms with van der Waals surface area (Å²) in [5.74, 6) is -2.11. The Kier molecular flexibility index (Phi) is 6.08. The van der Waals surface area contributed by atoms with E-state index in [1.54, 1.807) is 6.92 Å². The van der Waals surface area contributed by atoms with E-state index in [4.69, 9.17) is 4.74 Å². The summed E-state index contributed by atoms with van der Waals surface area (Å²) in [4.78, 5) is 44.5. The zero-order valence-electron chi connectivity index (χ0n) is 22.8. The number of nitrogens with one attached hydrogen (secondary N) is 2. The van der Waals surface area contributed by atoms with E-state index in [0.29, 0.717) is 18.4 Å². The standard InChI is InChI=1S/C32H36N2O5/c1-17-8-7-10-22-29-31(4,39-29)19(3)27-24(15-20-16-33-23-11-6-5-9-21(20)23)34-30(38)32(22,27)26(36)13-12-25(35)28(37)18(2)14-17/h5-7,9-14,16-17,19,22,24,27-29,33,37H,8,15H2,1-4H3,(H,34,38)/b10-7?,13-12?,18-14-/t17-,19-,22-,24-,27-,28+,29-,31+,32+/m0/s1. The van der Waals surface area contributed by atoms with Crippen LogP contribution in [0, 0.1) is 29.1 Å². The Balaban J connectivity index is 1.46. The highest BCUT2D eigenvalue weighted by Gasteiger charge is 2.78. The maximum Gasteiger partial charge on any atom is 0.235 e. The van der Waals surface area contributed by atoms with Gasteiger partial charge in [-0.2, -0.15) is 0 Å². The summed E-state index contributed by atoms with van der Waals surface area (Å²) in [6.07, 6.45) is 9.89. The molecule has 1 saturated carbocycles. The van der Waals surface area contributed by atoms with E-state index in [0.717, 1.165) is 22.5 Å². The molecule has 9 atom stereocenters. The normalized spacial score (nSPS) is 41.4. The van der Waals surface area contributed by atoms with Gasteiger partial charge in [0.15, 0.2) is 11.6 Å². The van der Waals surface area contributed by atoms with E-state index >= 15 is 0 Å². The number of carbonyl (C=O) groups excluding carboxylic acids is 3. The number of aromatic amines is 1. The molecule has 2 aliphatic carbocycles. The summed E-state index contributed by atoms with van der Waals surface area (Å²) < 4.78 is 6.33. The molecule has 2 aromatic rings. The number of fused-ring (bicyclic) bond motifs is 3. The van der Waals surface area contributed by atoms with Crippen LogP contribution in [0.15, 0.2) is 66.4 Å². The highest BCUT2D eigenvalue weighted by Crippen LogP contribution is 2.66. The van der Waals surface area contributed by atoms with Crippen LogP contribution < -0.4 is 5.32 Å². The van der Waals surface area contributed by atoms with Crippen molar-refractivity contribution in [3.8, 4) is 0 Å². The zero-order valence-corrected chi connectivity index (χ0v) is 22.8. The maximum absolute atomic E-state index is 14.2. The zero-order chi connectivity index (χ0) is 27.7. The number of carbonyl (C=O) groups is 3. The summed E-state index contributed by atoms with van der Waals surface area (Å²) in [6.45, 7) is 7.90. The molecule has 1 aromatic carbocycles. The number of ketones is 2. The average Bonchev–Trinajstić information content (AvgIpc) is 3.31. The van der Waals surface area contributed by atoms with Crippen molar-refractivity contribution < 1.29 is 24.2 Å². The molecule has 0 bridgehead atoms. The second-order valence-electron chi connectivity index (χ2n) is 12.1. The predicted octanol–water partition coefficient (Wildman–Crippen LogP) is 3.83. The molecule has 3 fully saturated rings. The third kappa shape index (κ3) is 3.81. The number of aromatic nitrogens is 1. The van der Waals surface area contributed by atoms with E-state index in [1.165, 1.54) is 6.08 Å². The molecule has 0 unspecified atom stereocenters. The number of hydrogen-bond donors (Lipinski definition) is 3. The maximum atomic E-state index is 14.2.